The Balaban J connectivity index is 2.24. The first-order valence-corrected chi connectivity index (χ1v) is 8.62. The summed E-state index contributed by atoms with van der Waals surface area (Å²) in [4.78, 5) is 42.4. The molecule has 4 rings (SSSR count). The third-order valence-corrected chi connectivity index (χ3v) is 4.95. The molecule has 3 heterocycles. The van der Waals surface area contributed by atoms with Crippen LogP contribution in [0.5, 0.6) is 11.5 Å². The fourth-order valence-corrected chi connectivity index (χ4v) is 3.48. The van der Waals surface area contributed by atoms with E-state index in [4.69, 9.17) is 13.9 Å². The van der Waals surface area contributed by atoms with Gasteiger partial charge in [0.2, 0.25) is 5.89 Å². The van der Waals surface area contributed by atoms with Gasteiger partial charge in [-0.05, 0) is 12.1 Å². The van der Waals surface area contributed by atoms with Crippen molar-refractivity contribution >= 4 is 22.1 Å². The normalized spacial score (nSPS) is 11.3. The van der Waals surface area contributed by atoms with Gasteiger partial charge in [-0.2, -0.15) is 0 Å². The van der Waals surface area contributed by atoms with E-state index in [1.54, 1.807) is 18.2 Å². The van der Waals surface area contributed by atoms with E-state index in [0.29, 0.717) is 17.1 Å². The summed E-state index contributed by atoms with van der Waals surface area (Å²) in [5.41, 5.74) is -1.11. The van der Waals surface area contributed by atoms with Crippen LogP contribution in [0.25, 0.3) is 33.6 Å². The fourth-order valence-electron chi connectivity index (χ4n) is 3.48. The molecular weight excluding hydrogens is 380 g/mol. The lowest BCUT2D eigenvalue weighted by molar-refractivity contribution is 0.394. The highest BCUT2D eigenvalue weighted by Crippen LogP contribution is 2.39. The molecule has 29 heavy (non-hydrogen) atoms. The Hall–Kier alpha value is -3.82. The summed E-state index contributed by atoms with van der Waals surface area (Å²) in [5, 5.41) is 0.0827. The van der Waals surface area contributed by atoms with E-state index >= 15 is 0 Å². The molecule has 3 aromatic heterocycles. The SMILES string of the molecule is COc1cccc(OC)c1-c1nc2c(=O)n(C)c3c(c(=O)n(C)c(=O)n3C)c2o1. The second kappa shape index (κ2) is 6.36. The van der Waals surface area contributed by atoms with E-state index in [0.717, 1.165) is 4.57 Å². The van der Waals surface area contributed by atoms with Crippen molar-refractivity contribution in [3.8, 4) is 23.0 Å². The van der Waals surface area contributed by atoms with E-state index in [2.05, 4.69) is 4.98 Å². The van der Waals surface area contributed by atoms with Crippen LogP contribution in [0.2, 0.25) is 0 Å². The molecule has 0 aliphatic heterocycles. The highest BCUT2D eigenvalue weighted by atomic mass is 16.5. The number of benzene rings is 1. The average Bonchev–Trinajstić information content (AvgIpc) is 3.17. The van der Waals surface area contributed by atoms with Crippen LogP contribution in [0, 0.1) is 0 Å². The Kier molecular flexibility index (Phi) is 4.07. The number of methoxy groups -OCH3 is 2. The maximum Gasteiger partial charge on any atom is 0.332 e. The minimum atomic E-state index is -0.585. The number of aryl methyl sites for hydroxylation is 2. The first-order valence-electron chi connectivity index (χ1n) is 8.62. The number of rotatable bonds is 3. The minimum absolute atomic E-state index is 0.00209. The summed E-state index contributed by atoms with van der Waals surface area (Å²) < 4.78 is 20.1. The number of hydrogen-bond acceptors (Lipinski definition) is 7. The molecule has 150 valence electrons. The molecule has 1 aromatic carbocycles. The summed E-state index contributed by atoms with van der Waals surface area (Å²) in [7, 11) is 7.29. The highest BCUT2D eigenvalue weighted by molar-refractivity contribution is 5.99. The molecule has 0 N–H and O–H groups in total. The summed E-state index contributed by atoms with van der Waals surface area (Å²) in [5.74, 6) is 0.921. The number of nitrogens with zero attached hydrogens (tertiary/aromatic N) is 4. The van der Waals surface area contributed by atoms with Crippen LogP contribution >= 0.6 is 0 Å². The largest absolute Gasteiger partial charge is 0.496 e. The maximum atomic E-state index is 12.9. The zero-order valence-electron chi connectivity index (χ0n) is 16.5. The molecule has 0 radical (unpaired) electrons. The molecule has 0 aliphatic rings. The van der Waals surface area contributed by atoms with Crippen molar-refractivity contribution in [3.63, 3.8) is 0 Å². The van der Waals surface area contributed by atoms with Gasteiger partial charge in [0.15, 0.2) is 11.1 Å². The third-order valence-electron chi connectivity index (χ3n) is 4.95. The molecular formula is C19H18N4O6. The smallest absolute Gasteiger partial charge is 0.332 e. The molecule has 0 bridgehead atoms. The monoisotopic (exact) mass is 398 g/mol. The van der Waals surface area contributed by atoms with Gasteiger partial charge in [0.05, 0.1) is 14.2 Å². The summed E-state index contributed by atoms with van der Waals surface area (Å²) in [6.45, 7) is 0. The summed E-state index contributed by atoms with van der Waals surface area (Å²) in [6.07, 6.45) is 0. The summed E-state index contributed by atoms with van der Waals surface area (Å²) >= 11 is 0. The standard InChI is InChI=1S/C19H18N4O6/c1-21-16-12(17(24)23(3)19(26)22(16)2)14-13(18(21)25)20-15(29-14)11-9(27-4)7-6-8-10(11)28-5/h6-8H,1-5H3. The predicted octanol–water partition coefficient (Wildman–Crippen LogP) is 0.761. The van der Waals surface area contributed by atoms with E-state index in [-0.39, 0.29) is 28.0 Å². The topological polar surface area (TPSA) is 110 Å². The molecule has 4 aromatic rings. The van der Waals surface area contributed by atoms with Gasteiger partial charge >= 0.3 is 5.69 Å². The van der Waals surface area contributed by atoms with Crippen LogP contribution in [-0.4, -0.2) is 32.9 Å². The van der Waals surface area contributed by atoms with Gasteiger partial charge in [0, 0.05) is 21.1 Å². The van der Waals surface area contributed by atoms with Crippen molar-refractivity contribution in [1.82, 2.24) is 18.7 Å². The number of fused-ring (bicyclic) bond motifs is 3. The van der Waals surface area contributed by atoms with Gasteiger partial charge in [0.25, 0.3) is 11.1 Å². The lowest BCUT2D eigenvalue weighted by atomic mass is 10.1. The predicted molar refractivity (Wildman–Crippen MR) is 106 cm³/mol. The van der Waals surface area contributed by atoms with Crippen molar-refractivity contribution in [1.29, 1.82) is 0 Å². The zero-order chi connectivity index (χ0) is 21.0. The molecule has 0 fully saturated rings. The second-order valence-corrected chi connectivity index (χ2v) is 6.50. The maximum absolute atomic E-state index is 12.9. The highest BCUT2D eigenvalue weighted by Gasteiger charge is 2.25. The molecule has 0 aliphatic carbocycles. The lowest BCUT2D eigenvalue weighted by Crippen LogP contribution is -2.39. The Morgan fingerprint density at radius 2 is 1.52 bits per heavy atom. The van der Waals surface area contributed by atoms with Gasteiger partial charge in [-0.25, -0.2) is 9.78 Å². The van der Waals surface area contributed by atoms with Gasteiger partial charge in [-0.15, -0.1) is 0 Å². The van der Waals surface area contributed by atoms with E-state index in [1.807, 2.05) is 0 Å². The van der Waals surface area contributed by atoms with Crippen molar-refractivity contribution in [2.75, 3.05) is 14.2 Å². The molecule has 0 spiro atoms. The van der Waals surface area contributed by atoms with Crippen LogP contribution < -0.4 is 26.3 Å². The van der Waals surface area contributed by atoms with Crippen molar-refractivity contribution < 1.29 is 13.9 Å². The minimum Gasteiger partial charge on any atom is -0.496 e. The van der Waals surface area contributed by atoms with Gasteiger partial charge < -0.3 is 13.9 Å². The molecule has 0 amide bonds. The van der Waals surface area contributed by atoms with Crippen LogP contribution in [0.3, 0.4) is 0 Å². The second-order valence-electron chi connectivity index (χ2n) is 6.50. The van der Waals surface area contributed by atoms with Crippen LogP contribution in [-0.2, 0) is 21.1 Å². The number of oxazole rings is 1. The Bertz CT molecular complexity index is 1450. The first kappa shape index (κ1) is 18.5. The summed E-state index contributed by atoms with van der Waals surface area (Å²) in [6, 6.07) is 5.14. The average molecular weight is 398 g/mol. The lowest BCUT2D eigenvalue weighted by Gasteiger charge is -2.10. The number of pyridine rings is 1. The van der Waals surface area contributed by atoms with Gasteiger partial charge in [0.1, 0.15) is 28.1 Å². The van der Waals surface area contributed by atoms with Crippen molar-refractivity contribution in [3.05, 3.63) is 49.4 Å². The molecule has 10 nitrogen and oxygen atoms in total. The molecule has 0 saturated heterocycles. The Morgan fingerprint density at radius 1 is 0.897 bits per heavy atom. The fraction of sp³-hybridized carbons (Fsp3) is 0.263. The molecule has 0 unspecified atom stereocenters. The van der Waals surface area contributed by atoms with Crippen LogP contribution in [0.15, 0.2) is 37.0 Å². The molecule has 0 atom stereocenters. The van der Waals surface area contributed by atoms with E-state index < -0.39 is 16.8 Å². The van der Waals surface area contributed by atoms with Crippen LogP contribution in [0.4, 0.5) is 0 Å². The third kappa shape index (κ3) is 2.42. The quantitative estimate of drug-likeness (QED) is 0.501. The van der Waals surface area contributed by atoms with Gasteiger partial charge in [-0.3, -0.25) is 23.3 Å². The Labute approximate surface area is 163 Å². The van der Waals surface area contributed by atoms with E-state index in [1.165, 1.54) is 44.5 Å². The molecule has 10 heteroatoms. The Morgan fingerprint density at radius 3 is 2.10 bits per heavy atom. The number of hydrogen-bond donors (Lipinski definition) is 0. The zero-order valence-corrected chi connectivity index (χ0v) is 16.5. The number of ether oxygens (including phenoxy) is 2. The van der Waals surface area contributed by atoms with E-state index in [9.17, 15) is 14.4 Å². The van der Waals surface area contributed by atoms with Crippen molar-refractivity contribution in [2.24, 2.45) is 21.1 Å². The van der Waals surface area contributed by atoms with Crippen molar-refractivity contribution in [2.45, 2.75) is 0 Å². The first-order chi connectivity index (χ1) is 13.8. The molecule has 0 saturated carbocycles. The number of aromatic nitrogens is 4. The van der Waals surface area contributed by atoms with Crippen LogP contribution in [0.1, 0.15) is 0 Å². The van der Waals surface area contributed by atoms with Gasteiger partial charge in [-0.1, -0.05) is 6.07 Å².